The molecule has 6 nitrogen and oxygen atoms in total. The normalized spacial score (nSPS) is 11.3. The topological polar surface area (TPSA) is 87.3 Å². The third-order valence-corrected chi connectivity index (χ3v) is 5.42. The van der Waals surface area contributed by atoms with Gasteiger partial charge in [0.15, 0.2) is 0 Å². The summed E-state index contributed by atoms with van der Waals surface area (Å²) in [6, 6.07) is 20.6. The summed E-state index contributed by atoms with van der Waals surface area (Å²) in [5, 5.41) is 8.69. The van der Waals surface area contributed by atoms with Crippen LogP contribution >= 0.6 is 11.6 Å². The van der Waals surface area contributed by atoms with Crippen molar-refractivity contribution in [1.29, 1.82) is 0 Å². The Bertz CT molecular complexity index is 1130. The van der Waals surface area contributed by atoms with Gasteiger partial charge in [0.05, 0.1) is 23.0 Å². The van der Waals surface area contributed by atoms with Gasteiger partial charge in [-0.2, -0.15) is 0 Å². The van der Waals surface area contributed by atoms with Crippen LogP contribution in [-0.4, -0.2) is 24.8 Å². The van der Waals surface area contributed by atoms with Crippen LogP contribution in [0, 0.1) is 6.92 Å². The molecule has 3 N–H and O–H groups in total. The fourth-order valence-electron chi connectivity index (χ4n) is 3.36. The lowest BCUT2D eigenvalue weighted by Gasteiger charge is -2.20. The van der Waals surface area contributed by atoms with Crippen molar-refractivity contribution in [1.82, 2.24) is 10.6 Å². The van der Waals surface area contributed by atoms with E-state index in [1.165, 1.54) is 0 Å². The zero-order valence-electron chi connectivity index (χ0n) is 17.8. The lowest BCUT2D eigenvalue weighted by Crippen LogP contribution is -2.32. The summed E-state index contributed by atoms with van der Waals surface area (Å²) in [6.45, 7) is 1.77. The number of nitrogens with one attached hydrogen (secondary N) is 3. The molecule has 0 aliphatic rings. The third-order valence-electron chi connectivity index (χ3n) is 5.09. The van der Waals surface area contributed by atoms with Crippen molar-refractivity contribution in [3.05, 3.63) is 100 Å². The minimum Gasteiger partial charge on any atom is -0.355 e. The average Bonchev–Trinajstić information content (AvgIpc) is 2.80. The minimum atomic E-state index is -0.567. The van der Waals surface area contributed by atoms with Crippen LogP contribution in [0.1, 0.15) is 44.3 Å². The van der Waals surface area contributed by atoms with Crippen molar-refractivity contribution in [3.63, 3.8) is 0 Å². The molecule has 3 aromatic rings. The van der Waals surface area contributed by atoms with Crippen molar-refractivity contribution < 1.29 is 14.4 Å². The molecular formula is C25H24ClN3O3. The molecule has 32 heavy (non-hydrogen) atoms. The molecule has 7 heteroatoms. The van der Waals surface area contributed by atoms with Crippen molar-refractivity contribution in [2.75, 3.05) is 12.4 Å². The fourth-order valence-corrected chi connectivity index (χ4v) is 3.58. The number of amides is 3. The lowest BCUT2D eigenvalue weighted by molar-refractivity contribution is -0.116. The van der Waals surface area contributed by atoms with E-state index in [2.05, 4.69) is 16.0 Å². The van der Waals surface area contributed by atoms with E-state index in [-0.39, 0.29) is 24.1 Å². The van der Waals surface area contributed by atoms with Gasteiger partial charge >= 0.3 is 0 Å². The molecule has 0 heterocycles. The zero-order valence-corrected chi connectivity index (χ0v) is 18.6. The van der Waals surface area contributed by atoms with Crippen molar-refractivity contribution in [2.45, 2.75) is 19.4 Å². The molecule has 0 fully saturated rings. The standard InChI is InChI=1S/C25H24ClN3O3/c1-16-18(24(31)27-2)12-8-14-21(16)28-23(30)15-22(17-9-4-3-5-10-17)29-25(32)19-11-6-7-13-20(19)26/h3-14,22H,15H2,1-2H3,(H,27,31)(H,28,30)(H,29,32). The second-order valence-electron chi connectivity index (χ2n) is 7.23. The van der Waals surface area contributed by atoms with E-state index in [4.69, 9.17) is 11.6 Å². The molecule has 0 aliphatic heterocycles. The molecule has 0 saturated heterocycles. The predicted octanol–water partition coefficient (Wildman–Crippen LogP) is 4.51. The molecule has 1 unspecified atom stereocenters. The number of rotatable bonds is 7. The molecule has 0 aliphatic carbocycles. The van der Waals surface area contributed by atoms with Crippen LogP contribution in [0.4, 0.5) is 5.69 Å². The molecular weight excluding hydrogens is 426 g/mol. The average molecular weight is 450 g/mol. The predicted molar refractivity (Wildman–Crippen MR) is 126 cm³/mol. The molecule has 3 amide bonds. The smallest absolute Gasteiger partial charge is 0.253 e. The van der Waals surface area contributed by atoms with Crippen LogP contribution in [0.3, 0.4) is 0 Å². The first-order chi connectivity index (χ1) is 15.4. The summed E-state index contributed by atoms with van der Waals surface area (Å²) in [6.07, 6.45) is 0.00382. The highest BCUT2D eigenvalue weighted by Gasteiger charge is 2.21. The number of carbonyl (C=O) groups excluding carboxylic acids is 3. The van der Waals surface area contributed by atoms with E-state index in [1.54, 1.807) is 56.4 Å². The molecule has 0 saturated carbocycles. The number of anilines is 1. The number of hydrogen-bond donors (Lipinski definition) is 3. The summed E-state index contributed by atoms with van der Waals surface area (Å²) >= 11 is 6.16. The Labute approximate surface area is 192 Å². The first-order valence-electron chi connectivity index (χ1n) is 10.1. The van der Waals surface area contributed by atoms with Crippen LogP contribution < -0.4 is 16.0 Å². The molecule has 0 spiro atoms. The van der Waals surface area contributed by atoms with Crippen molar-refractivity contribution >= 4 is 35.0 Å². The maximum atomic E-state index is 12.9. The Morgan fingerprint density at radius 3 is 2.19 bits per heavy atom. The summed E-state index contributed by atoms with van der Waals surface area (Å²) in [7, 11) is 1.55. The van der Waals surface area contributed by atoms with Crippen molar-refractivity contribution in [3.8, 4) is 0 Å². The zero-order chi connectivity index (χ0) is 23.1. The van der Waals surface area contributed by atoms with Gasteiger partial charge in [-0.05, 0) is 42.3 Å². The molecule has 3 rings (SSSR count). The quantitative estimate of drug-likeness (QED) is 0.496. The highest BCUT2D eigenvalue weighted by molar-refractivity contribution is 6.33. The maximum absolute atomic E-state index is 12.9. The van der Waals surface area contributed by atoms with Crippen LogP contribution in [0.2, 0.25) is 5.02 Å². The van der Waals surface area contributed by atoms with Gasteiger partial charge in [0.25, 0.3) is 11.8 Å². The third kappa shape index (κ3) is 5.53. The summed E-state index contributed by atoms with van der Waals surface area (Å²) in [5.74, 6) is -0.890. The number of halogens is 1. The van der Waals surface area contributed by atoms with Gasteiger partial charge in [-0.1, -0.05) is 60.1 Å². The Morgan fingerprint density at radius 2 is 1.50 bits per heavy atom. The lowest BCUT2D eigenvalue weighted by atomic mass is 10.0. The van der Waals surface area contributed by atoms with Crippen LogP contribution in [0.25, 0.3) is 0 Å². The van der Waals surface area contributed by atoms with Gasteiger partial charge in [0.1, 0.15) is 0 Å². The van der Waals surface area contributed by atoms with Gasteiger partial charge in [-0.3, -0.25) is 14.4 Å². The monoisotopic (exact) mass is 449 g/mol. The van der Waals surface area contributed by atoms with Gasteiger partial charge < -0.3 is 16.0 Å². The molecule has 0 bridgehead atoms. The Hall–Kier alpha value is -3.64. The highest BCUT2D eigenvalue weighted by atomic mass is 35.5. The Morgan fingerprint density at radius 1 is 0.844 bits per heavy atom. The van der Waals surface area contributed by atoms with E-state index >= 15 is 0 Å². The van der Waals surface area contributed by atoms with Crippen LogP contribution in [-0.2, 0) is 4.79 Å². The number of benzene rings is 3. The SMILES string of the molecule is CNC(=O)c1cccc(NC(=O)CC(NC(=O)c2ccccc2Cl)c2ccccc2)c1C. The van der Waals surface area contributed by atoms with Crippen molar-refractivity contribution in [2.24, 2.45) is 0 Å². The van der Waals surface area contributed by atoms with E-state index in [9.17, 15) is 14.4 Å². The second-order valence-corrected chi connectivity index (χ2v) is 7.63. The first kappa shape index (κ1) is 23.0. The first-order valence-corrected chi connectivity index (χ1v) is 10.5. The molecule has 3 aromatic carbocycles. The summed E-state index contributed by atoms with van der Waals surface area (Å²) < 4.78 is 0. The molecule has 0 radical (unpaired) electrons. The highest BCUT2D eigenvalue weighted by Crippen LogP contribution is 2.23. The van der Waals surface area contributed by atoms with E-state index in [0.29, 0.717) is 27.4 Å². The van der Waals surface area contributed by atoms with Gasteiger partial charge in [0, 0.05) is 18.3 Å². The Balaban J connectivity index is 1.80. The number of hydrogen-bond acceptors (Lipinski definition) is 3. The summed E-state index contributed by atoms with van der Waals surface area (Å²) in [4.78, 5) is 37.8. The van der Waals surface area contributed by atoms with Crippen LogP contribution in [0.15, 0.2) is 72.8 Å². The largest absolute Gasteiger partial charge is 0.355 e. The fraction of sp³-hybridized carbons (Fsp3) is 0.160. The number of carbonyl (C=O) groups is 3. The van der Waals surface area contributed by atoms with E-state index < -0.39 is 6.04 Å². The van der Waals surface area contributed by atoms with Crippen LogP contribution in [0.5, 0.6) is 0 Å². The van der Waals surface area contributed by atoms with Gasteiger partial charge in [0.2, 0.25) is 5.91 Å². The minimum absolute atomic E-state index is 0.00382. The Kier molecular flexibility index (Phi) is 7.63. The van der Waals surface area contributed by atoms with E-state index in [0.717, 1.165) is 5.56 Å². The molecule has 0 aromatic heterocycles. The molecule has 1 atom stereocenters. The second kappa shape index (κ2) is 10.6. The van der Waals surface area contributed by atoms with E-state index in [1.807, 2.05) is 30.3 Å². The summed E-state index contributed by atoms with van der Waals surface area (Å²) in [5.41, 5.74) is 2.82. The molecule has 164 valence electrons. The van der Waals surface area contributed by atoms with Gasteiger partial charge in [-0.15, -0.1) is 0 Å². The maximum Gasteiger partial charge on any atom is 0.253 e. The van der Waals surface area contributed by atoms with Gasteiger partial charge in [-0.25, -0.2) is 0 Å².